The molecular weight excluding hydrogens is 466 g/mol. The Bertz CT molecular complexity index is 1450. The van der Waals surface area contributed by atoms with Gasteiger partial charge >= 0.3 is 11.9 Å². The summed E-state index contributed by atoms with van der Waals surface area (Å²) < 4.78 is 1.30. The fourth-order valence-corrected chi connectivity index (χ4v) is 6.05. The molecule has 32 heavy (non-hydrogen) atoms. The molecule has 0 bridgehead atoms. The molecule has 0 saturated heterocycles. The second kappa shape index (κ2) is 8.15. The van der Waals surface area contributed by atoms with Gasteiger partial charge in [0.1, 0.15) is 5.69 Å². The summed E-state index contributed by atoms with van der Waals surface area (Å²) in [6.45, 7) is 0. The number of thiophene rings is 3. The lowest BCUT2D eigenvalue weighted by Crippen LogP contribution is -2.08. The highest BCUT2D eigenvalue weighted by atomic mass is 32.1. The van der Waals surface area contributed by atoms with E-state index >= 15 is 0 Å². The van der Waals surface area contributed by atoms with Crippen LogP contribution in [0.2, 0.25) is 0 Å². The Hall–Kier alpha value is -3.60. The summed E-state index contributed by atoms with van der Waals surface area (Å²) in [5, 5.41) is 29.0. The Morgan fingerprint density at radius 3 is 2.16 bits per heavy atom. The number of carboxylic acid groups (broad SMARTS) is 2. The lowest BCUT2D eigenvalue weighted by Gasteiger charge is -2.06. The molecule has 0 aliphatic heterocycles. The fourth-order valence-electron chi connectivity index (χ4n) is 3.16. The van der Waals surface area contributed by atoms with Gasteiger partial charge in [-0.1, -0.05) is 11.3 Å². The van der Waals surface area contributed by atoms with E-state index in [0.29, 0.717) is 5.69 Å². The highest BCUT2D eigenvalue weighted by molar-refractivity contribution is 7.27. The van der Waals surface area contributed by atoms with Crippen LogP contribution in [0.15, 0.2) is 66.2 Å². The Labute approximate surface area is 193 Å². The standard InChI is InChI=1S/C22H13N3O4S3/c26-21(27)12-3-4-13(22(28)29)15(10-12)25-11-14(23-24-25)16-5-6-19(31-16)20-8-7-18(32-20)17-2-1-9-30-17/h1-11H,(H,26,27)(H,28,29). The summed E-state index contributed by atoms with van der Waals surface area (Å²) >= 11 is 4.99. The summed E-state index contributed by atoms with van der Waals surface area (Å²) in [6.07, 6.45) is 1.61. The number of hydrogen-bond donors (Lipinski definition) is 2. The number of hydrogen-bond acceptors (Lipinski definition) is 7. The van der Waals surface area contributed by atoms with Gasteiger partial charge in [-0.05, 0) is 53.9 Å². The van der Waals surface area contributed by atoms with E-state index < -0.39 is 11.9 Å². The average molecular weight is 480 g/mol. The van der Waals surface area contributed by atoms with Crippen LogP contribution in [0.25, 0.3) is 35.8 Å². The van der Waals surface area contributed by atoms with Gasteiger partial charge in [0, 0.05) is 19.5 Å². The number of aromatic carboxylic acids is 2. The van der Waals surface area contributed by atoms with Crippen LogP contribution in [-0.4, -0.2) is 37.1 Å². The third-order valence-corrected chi connectivity index (χ3v) is 8.14. The third-order valence-electron chi connectivity index (χ3n) is 4.69. The topological polar surface area (TPSA) is 105 Å². The Morgan fingerprint density at radius 1 is 0.812 bits per heavy atom. The van der Waals surface area contributed by atoms with Crippen LogP contribution in [0, 0.1) is 0 Å². The van der Waals surface area contributed by atoms with E-state index in [1.165, 1.54) is 32.6 Å². The molecule has 5 rings (SSSR count). The van der Waals surface area contributed by atoms with Crippen LogP contribution in [0.3, 0.4) is 0 Å². The van der Waals surface area contributed by atoms with Crippen molar-refractivity contribution < 1.29 is 19.8 Å². The van der Waals surface area contributed by atoms with Gasteiger partial charge in [-0.25, -0.2) is 14.3 Å². The molecule has 10 heteroatoms. The molecule has 2 N–H and O–H groups in total. The number of benzene rings is 1. The van der Waals surface area contributed by atoms with E-state index in [-0.39, 0.29) is 16.8 Å². The summed E-state index contributed by atoms with van der Waals surface area (Å²) in [6, 6.07) is 16.1. The molecule has 1 aromatic carbocycles. The van der Waals surface area contributed by atoms with Crippen molar-refractivity contribution in [2.24, 2.45) is 0 Å². The Morgan fingerprint density at radius 2 is 1.50 bits per heavy atom. The number of carboxylic acids is 2. The normalized spacial score (nSPS) is 11.0. The molecule has 4 aromatic heterocycles. The molecule has 0 spiro atoms. The molecule has 0 amide bonds. The van der Waals surface area contributed by atoms with Crippen molar-refractivity contribution in [3.05, 3.63) is 77.3 Å². The van der Waals surface area contributed by atoms with Gasteiger partial charge < -0.3 is 10.2 Å². The minimum absolute atomic E-state index is 0.0281. The largest absolute Gasteiger partial charge is 0.478 e. The van der Waals surface area contributed by atoms with Gasteiger partial charge in [-0.15, -0.1) is 39.1 Å². The number of carbonyl (C=O) groups is 2. The zero-order chi connectivity index (χ0) is 22.2. The smallest absolute Gasteiger partial charge is 0.337 e. The van der Waals surface area contributed by atoms with Gasteiger partial charge in [-0.2, -0.15) is 0 Å². The van der Waals surface area contributed by atoms with Crippen LogP contribution in [0.5, 0.6) is 0 Å². The molecule has 5 aromatic rings. The molecule has 0 fully saturated rings. The summed E-state index contributed by atoms with van der Waals surface area (Å²) in [7, 11) is 0. The molecule has 0 radical (unpaired) electrons. The molecule has 0 atom stereocenters. The average Bonchev–Trinajstić information content (AvgIpc) is 3.58. The van der Waals surface area contributed by atoms with Gasteiger partial charge in [0.2, 0.25) is 0 Å². The number of aromatic nitrogens is 3. The third kappa shape index (κ3) is 3.75. The summed E-state index contributed by atoms with van der Waals surface area (Å²) in [5.41, 5.74) is 0.637. The summed E-state index contributed by atoms with van der Waals surface area (Å²) in [5.74, 6) is -2.32. The first-order valence-corrected chi connectivity index (χ1v) is 11.8. The second-order valence-electron chi connectivity index (χ2n) is 6.70. The van der Waals surface area contributed by atoms with Crippen molar-refractivity contribution >= 4 is 45.9 Å². The van der Waals surface area contributed by atoms with Crippen molar-refractivity contribution in [2.45, 2.75) is 0 Å². The van der Waals surface area contributed by atoms with Crippen molar-refractivity contribution in [1.82, 2.24) is 15.0 Å². The van der Waals surface area contributed by atoms with Gasteiger partial charge in [-0.3, -0.25) is 0 Å². The zero-order valence-electron chi connectivity index (χ0n) is 16.1. The van der Waals surface area contributed by atoms with Crippen molar-refractivity contribution in [3.8, 4) is 35.8 Å². The van der Waals surface area contributed by atoms with Crippen LogP contribution < -0.4 is 0 Å². The maximum absolute atomic E-state index is 11.6. The van der Waals surface area contributed by atoms with Crippen molar-refractivity contribution in [1.29, 1.82) is 0 Å². The van der Waals surface area contributed by atoms with Crippen LogP contribution in [-0.2, 0) is 0 Å². The van der Waals surface area contributed by atoms with Crippen LogP contribution in [0.1, 0.15) is 20.7 Å². The van der Waals surface area contributed by atoms with E-state index in [1.807, 2.05) is 18.2 Å². The SMILES string of the molecule is O=C(O)c1ccc(C(=O)O)c(-n2cc(-c3ccc(-c4ccc(-c5cccs5)s4)s3)nn2)c1. The summed E-state index contributed by atoms with van der Waals surface area (Å²) in [4.78, 5) is 28.5. The van der Waals surface area contributed by atoms with Crippen molar-refractivity contribution in [3.63, 3.8) is 0 Å². The molecule has 158 valence electrons. The Kier molecular flexibility index (Phi) is 5.17. The predicted molar refractivity (Wildman–Crippen MR) is 125 cm³/mol. The zero-order valence-corrected chi connectivity index (χ0v) is 18.6. The number of nitrogens with zero attached hydrogens (tertiary/aromatic N) is 3. The Balaban J connectivity index is 1.47. The minimum atomic E-state index is -1.17. The lowest BCUT2D eigenvalue weighted by atomic mass is 10.1. The highest BCUT2D eigenvalue weighted by Crippen LogP contribution is 2.40. The maximum atomic E-state index is 11.6. The van der Waals surface area contributed by atoms with E-state index in [1.54, 1.807) is 40.2 Å². The fraction of sp³-hybridized carbons (Fsp3) is 0. The van der Waals surface area contributed by atoms with Gasteiger partial charge in [0.15, 0.2) is 0 Å². The highest BCUT2D eigenvalue weighted by Gasteiger charge is 2.18. The van der Waals surface area contributed by atoms with E-state index in [0.717, 1.165) is 14.6 Å². The molecular formula is C22H13N3O4S3. The number of rotatable bonds is 6. The molecule has 0 aliphatic rings. The maximum Gasteiger partial charge on any atom is 0.337 e. The van der Waals surface area contributed by atoms with E-state index in [4.69, 9.17) is 0 Å². The quantitative estimate of drug-likeness (QED) is 0.317. The molecule has 7 nitrogen and oxygen atoms in total. The van der Waals surface area contributed by atoms with E-state index in [2.05, 4.69) is 33.9 Å². The molecule has 4 heterocycles. The van der Waals surface area contributed by atoms with Crippen molar-refractivity contribution in [2.75, 3.05) is 0 Å². The second-order valence-corrected chi connectivity index (χ2v) is 9.81. The first-order chi connectivity index (χ1) is 15.5. The monoisotopic (exact) mass is 479 g/mol. The van der Waals surface area contributed by atoms with Gasteiger partial charge in [0.05, 0.1) is 27.9 Å². The first kappa shape index (κ1) is 20.3. The van der Waals surface area contributed by atoms with E-state index in [9.17, 15) is 19.8 Å². The van der Waals surface area contributed by atoms with Crippen LogP contribution in [0.4, 0.5) is 0 Å². The first-order valence-electron chi connectivity index (χ1n) is 9.27. The van der Waals surface area contributed by atoms with Crippen LogP contribution >= 0.6 is 34.0 Å². The van der Waals surface area contributed by atoms with Gasteiger partial charge in [0.25, 0.3) is 0 Å². The molecule has 0 aliphatic carbocycles. The lowest BCUT2D eigenvalue weighted by molar-refractivity contribution is 0.0681. The minimum Gasteiger partial charge on any atom is -0.478 e. The molecule has 0 saturated carbocycles. The predicted octanol–water partition coefficient (Wildman–Crippen LogP) is 5.85. The molecule has 0 unspecified atom stereocenters.